The third-order valence-electron chi connectivity index (χ3n) is 5.45. The predicted molar refractivity (Wildman–Crippen MR) is 113 cm³/mol. The molecular weight excluding hydrogens is 368 g/mol. The highest BCUT2D eigenvalue weighted by molar-refractivity contribution is 7.10. The van der Waals surface area contributed by atoms with Gasteiger partial charge in [-0.05, 0) is 55.4 Å². The Morgan fingerprint density at radius 2 is 2.00 bits per heavy atom. The number of nitrogens with zero attached hydrogens (tertiary/aromatic N) is 3. The number of hydrogen-bond donors (Lipinski definition) is 1. The Labute approximate surface area is 170 Å². The van der Waals surface area contributed by atoms with Gasteiger partial charge in [-0.1, -0.05) is 31.2 Å². The number of para-hydroxylation sites is 1. The lowest BCUT2D eigenvalue weighted by Crippen LogP contribution is -2.41. The van der Waals surface area contributed by atoms with E-state index in [4.69, 9.17) is 0 Å². The summed E-state index contributed by atoms with van der Waals surface area (Å²) in [6.07, 6.45) is 5.86. The zero-order valence-electron chi connectivity index (χ0n) is 16.1. The zero-order chi connectivity index (χ0) is 19.3. The highest BCUT2D eigenvalue weighted by Crippen LogP contribution is 2.29. The van der Waals surface area contributed by atoms with Gasteiger partial charge in [-0.25, -0.2) is 4.68 Å². The average Bonchev–Trinajstić information content (AvgIpc) is 3.42. The van der Waals surface area contributed by atoms with Crippen LogP contribution in [0.1, 0.15) is 41.0 Å². The van der Waals surface area contributed by atoms with E-state index in [0.717, 1.165) is 24.7 Å². The van der Waals surface area contributed by atoms with Gasteiger partial charge >= 0.3 is 0 Å². The van der Waals surface area contributed by atoms with Gasteiger partial charge in [-0.15, -0.1) is 11.3 Å². The van der Waals surface area contributed by atoms with Crippen LogP contribution in [0.5, 0.6) is 0 Å². The molecule has 1 amide bonds. The fraction of sp³-hybridized carbons (Fsp3) is 0.364. The molecule has 1 N–H and O–H groups in total. The second-order valence-corrected chi connectivity index (χ2v) is 8.45. The van der Waals surface area contributed by atoms with Crippen molar-refractivity contribution in [2.45, 2.75) is 25.8 Å². The Morgan fingerprint density at radius 3 is 2.71 bits per heavy atom. The Hall–Kier alpha value is -2.44. The number of carbonyl (C=O) groups excluding carboxylic acids is 1. The Morgan fingerprint density at radius 1 is 1.21 bits per heavy atom. The molecule has 28 heavy (non-hydrogen) atoms. The van der Waals surface area contributed by atoms with E-state index >= 15 is 0 Å². The second-order valence-electron chi connectivity index (χ2n) is 7.47. The number of amides is 1. The fourth-order valence-electron chi connectivity index (χ4n) is 3.68. The smallest absolute Gasteiger partial charge is 0.254 e. The zero-order valence-corrected chi connectivity index (χ0v) is 16.9. The number of carbonyl (C=O) groups is 1. The highest BCUT2D eigenvalue weighted by atomic mass is 32.1. The quantitative estimate of drug-likeness (QED) is 0.684. The number of nitrogens with one attached hydrogen (secondary N) is 1. The predicted octanol–water partition coefficient (Wildman–Crippen LogP) is 4.14. The van der Waals surface area contributed by atoms with Crippen molar-refractivity contribution in [3.05, 3.63) is 70.7 Å². The molecule has 1 unspecified atom stereocenters. The minimum absolute atomic E-state index is 0.0749. The Bertz CT molecular complexity index is 882. The van der Waals surface area contributed by atoms with Gasteiger partial charge in [0.1, 0.15) is 0 Å². The molecule has 1 atom stereocenters. The first kappa shape index (κ1) is 18.9. The number of likely N-dealkylation sites (tertiary alicyclic amines) is 1. The van der Waals surface area contributed by atoms with Gasteiger partial charge < -0.3 is 5.32 Å². The normalized spacial score (nSPS) is 16.8. The number of benzene rings is 1. The van der Waals surface area contributed by atoms with Crippen LogP contribution >= 0.6 is 11.3 Å². The molecule has 4 rings (SSSR count). The largest absolute Gasteiger partial charge is 0.350 e. The van der Waals surface area contributed by atoms with E-state index < -0.39 is 0 Å². The third-order valence-corrected chi connectivity index (χ3v) is 6.43. The first-order valence-corrected chi connectivity index (χ1v) is 10.7. The molecule has 1 aliphatic heterocycles. The second kappa shape index (κ2) is 8.71. The molecule has 3 heterocycles. The van der Waals surface area contributed by atoms with E-state index in [2.05, 4.69) is 39.8 Å². The summed E-state index contributed by atoms with van der Waals surface area (Å²) < 4.78 is 1.73. The molecule has 1 aromatic carbocycles. The lowest BCUT2D eigenvalue weighted by atomic mass is 9.97. The number of hydrogen-bond acceptors (Lipinski definition) is 4. The molecule has 6 heteroatoms. The summed E-state index contributed by atoms with van der Waals surface area (Å²) in [4.78, 5) is 16.5. The van der Waals surface area contributed by atoms with Gasteiger partial charge in [0, 0.05) is 17.6 Å². The van der Waals surface area contributed by atoms with E-state index in [0.29, 0.717) is 12.1 Å². The molecule has 0 radical (unpaired) electrons. The van der Waals surface area contributed by atoms with E-state index in [1.807, 2.05) is 30.3 Å². The Balaban J connectivity index is 1.42. The van der Waals surface area contributed by atoms with Crippen LogP contribution in [-0.2, 0) is 0 Å². The standard InChI is InChI=1S/C22H26N4OS/c1-17-9-11-25(12-10-17)20(21-8-5-13-28-21)15-23-22(27)18-14-24-26(16-18)19-6-3-2-4-7-19/h2-8,13-14,16-17,20H,9-12,15H2,1H3,(H,23,27). The molecule has 5 nitrogen and oxygen atoms in total. The molecule has 0 aliphatic carbocycles. The molecular formula is C22H26N4OS. The van der Waals surface area contributed by atoms with Gasteiger partial charge in [0.15, 0.2) is 0 Å². The molecule has 1 aliphatic rings. The summed E-state index contributed by atoms with van der Waals surface area (Å²) in [6.45, 7) is 5.12. The molecule has 1 saturated heterocycles. The molecule has 2 aromatic heterocycles. The lowest BCUT2D eigenvalue weighted by molar-refractivity contribution is 0.0915. The topological polar surface area (TPSA) is 50.2 Å². The molecule has 1 fully saturated rings. The lowest BCUT2D eigenvalue weighted by Gasteiger charge is -2.36. The van der Waals surface area contributed by atoms with Crippen molar-refractivity contribution in [1.29, 1.82) is 0 Å². The number of thiophene rings is 1. The SMILES string of the molecule is CC1CCN(C(CNC(=O)c2cnn(-c3ccccc3)c2)c2cccs2)CC1. The van der Waals surface area contributed by atoms with Crippen molar-refractivity contribution in [2.24, 2.45) is 5.92 Å². The first-order chi connectivity index (χ1) is 13.7. The van der Waals surface area contributed by atoms with Crippen molar-refractivity contribution < 1.29 is 4.79 Å². The average molecular weight is 395 g/mol. The maximum atomic E-state index is 12.7. The molecule has 146 valence electrons. The summed E-state index contributed by atoms with van der Waals surface area (Å²) in [5.74, 6) is 0.716. The monoisotopic (exact) mass is 394 g/mol. The van der Waals surface area contributed by atoms with Crippen molar-refractivity contribution in [3.63, 3.8) is 0 Å². The molecule has 0 spiro atoms. The Kier molecular flexibility index (Phi) is 5.88. The van der Waals surface area contributed by atoms with E-state index in [1.165, 1.54) is 17.7 Å². The van der Waals surface area contributed by atoms with Gasteiger partial charge in [0.25, 0.3) is 5.91 Å². The minimum Gasteiger partial charge on any atom is -0.350 e. The van der Waals surface area contributed by atoms with Gasteiger partial charge in [-0.3, -0.25) is 9.69 Å². The van der Waals surface area contributed by atoms with Gasteiger partial charge in [0.2, 0.25) is 0 Å². The summed E-state index contributed by atoms with van der Waals surface area (Å²) in [6, 6.07) is 14.3. The van der Waals surface area contributed by atoms with Crippen LogP contribution < -0.4 is 5.32 Å². The van der Waals surface area contributed by atoms with Crippen LogP contribution in [0.15, 0.2) is 60.2 Å². The third kappa shape index (κ3) is 4.34. The fourth-order valence-corrected chi connectivity index (χ4v) is 4.55. The van der Waals surface area contributed by atoms with Crippen LogP contribution in [0.4, 0.5) is 0 Å². The minimum atomic E-state index is -0.0749. The first-order valence-electron chi connectivity index (χ1n) is 9.86. The van der Waals surface area contributed by atoms with E-state index in [1.54, 1.807) is 28.4 Å². The van der Waals surface area contributed by atoms with Crippen molar-refractivity contribution in [2.75, 3.05) is 19.6 Å². The van der Waals surface area contributed by atoms with Crippen molar-refractivity contribution >= 4 is 17.2 Å². The molecule has 0 bridgehead atoms. The summed E-state index contributed by atoms with van der Waals surface area (Å²) >= 11 is 1.76. The van der Waals surface area contributed by atoms with Crippen molar-refractivity contribution in [3.8, 4) is 5.69 Å². The maximum Gasteiger partial charge on any atom is 0.254 e. The van der Waals surface area contributed by atoms with Crippen LogP contribution in [-0.4, -0.2) is 40.2 Å². The number of rotatable bonds is 6. The summed E-state index contributed by atoms with van der Waals surface area (Å²) in [5.41, 5.74) is 1.53. The summed E-state index contributed by atoms with van der Waals surface area (Å²) in [5, 5.41) is 9.58. The van der Waals surface area contributed by atoms with Crippen LogP contribution in [0.3, 0.4) is 0 Å². The maximum absolute atomic E-state index is 12.7. The van der Waals surface area contributed by atoms with Crippen molar-refractivity contribution in [1.82, 2.24) is 20.0 Å². The van der Waals surface area contributed by atoms with Crippen LogP contribution in [0.2, 0.25) is 0 Å². The number of piperidine rings is 1. The molecule has 3 aromatic rings. The van der Waals surface area contributed by atoms with Crippen LogP contribution in [0.25, 0.3) is 5.69 Å². The van der Waals surface area contributed by atoms with E-state index in [9.17, 15) is 4.79 Å². The number of aromatic nitrogens is 2. The van der Waals surface area contributed by atoms with Crippen LogP contribution in [0, 0.1) is 5.92 Å². The molecule has 0 saturated carbocycles. The summed E-state index contributed by atoms with van der Waals surface area (Å²) in [7, 11) is 0. The highest BCUT2D eigenvalue weighted by Gasteiger charge is 2.26. The van der Waals surface area contributed by atoms with Gasteiger partial charge in [-0.2, -0.15) is 5.10 Å². The van der Waals surface area contributed by atoms with E-state index in [-0.39, 0.29) is 11.9 Å². The van der Waals surface area contributed by atoms with Gasteiger partial charge in [0.05, 0.1) is 23.5 Å².